The van der Waals surface area contributed by atoms with Gasteiger partial charge in [0.2, 0.25) is 0 Å². The fraction of sp³-hybridized carbons (Fsp3) is 0.385. The second-order valence-electron chi connectivity index (χ2n) is 3.90. The lowest BCUT2D eigenvalue weighted by Crippen LogP contribution is -2.19. The molecular weight excluding hydrogens is 268 g/mol. The molecule has 1 rings (SSSR count). The van der Waals surface area contributed by atoms with Gasteiger partial charge in [0.25, 0.3) is 5.69 Å². The molecule has 104 valence electrons. The molecule has 1 aromatic carbocycles. The molecule has 0 unspecified atom stereocenters. The van der Waals surface area contributed by atoms with Gasteiger partial charge < -0.3 is 10.1 Å². The predicted octanol–water partition coefficient (Wildman–Crippen LogP) is 2.93. The number of hydrogen-bond donors (Lipinski definition) is 1. The fourth-order valence-electron chi connectivity index (χ4n) is 1.45. The molecule has 0 aliphatic carbocycles. The van der Waals surface area contributed by atoms with Crippen molar-refractivity contribution in [2.24, 2.45) is 0 Å². The third-order valence-electron chi connectivity index (χ3n) is 2.45. The molecule has 0 fully saturated rings. The molecule has 0 bridgehead atoms. The highest BCUT2D eigenvalue weighted by atomic mass is 35.5. The molecule has 1 N–H and O–H groups in total. The summed E-state index contributed by atoms with van der Waals surface area (Å²) in [4.78, 5) is 10.2. The molecule has 0 spiro atoms. The molecule has 6 heteroatoms. The van der Waals surface area contributed by atoms with Crippen molar-refractivity contribution in [2.75, 3.05) is 19.8 Å². The maximum Gasteiger partial charge on any atom is 0.269 e. The molecule has 0 heterocycles. The zero-order valence-electron chi connectivity index (χ0n) is 10.6. The van der Waals surface area contributed by atoms with Crippen molar-refractivity contribution in [3.05, 3.63) is 51.6 Å². The maximum atomic E-state index is 10.7. The van der Waals surface area contributed by atoms with E-state index >= 15 is 0 Å². The third kappa shape index (κ3) is 5.83. The van der Waals surface area contributed by atoms with Crippen LogP contribution in [-0.2, 0) is 11.3 Å². The van der Waals surface area contributed by atoms with E-state index in [4.69, 9.17) is 16.3 Å². The van der Waals surface area contributed by atoms with Crippen LogP contribution in [0.1, 0.15) is 12.0 Å². The minimum absolute atomic E-state index is 0.0448. The number of halogens is 1. The molecule has 0 radical (unpaired) electrons. The van der Waals surface area contributed by atoms with Gasteiger partial charge in [0.1, 0.15) is 0 Å². The second kappa shape index (κ2) is 8.63. The molecule has 0 aliphatic heterocycles. The predicted molar refractivity (Wildman–Crippen MR) is 75.4 cm³/mol. The van der Waals surface area contributed by atoms with Crippen molar-refractivity contribution in [3.8, 4) is 0 Å². The van der Waals surface area contributed by atoms with Gasteiger partial charge in [-0.25, -0.2) is 0 Å². The highest BCUT2D eigenvalue weighted by molar-refractivity contribution is 6.31. The van der Waals surface area contributed by atoms with Crippen LogP contribution in [0.5, 0.6) is 0 Å². The van der Waals surface area contributed by atoms with Crippen molar-refractivity contribution in [1.82, 2.24) is 5.32 Å². The summed E-state index contributed by atoms with van der Waals surface area (Å²) in [5.74, 6) is 0. The molecule has 0 amide bonds. The number of benzene rings is 1. The first-order valence-electron chi connectivity index (χ1n) is 5.97. The Labute approximate surface area is 117 Å². The van der Waals surface area contributed by atoms with Crippen LogP contribution < -0.4 is 5.32 Å². The SMILES string of the molecule is C=CCCOCCNCc1cc([N+](=O)[O-])ccc1Cl. The van der Waals surface area contributed by atoms with Gasteiger partial charge in [-0.3, -0.25) is 10.1 Å². The number of nitrogens with one attached hydrogen (secondary N) is 1. The van der Waals surface area contributed by atoms with Crippen molar-refractivity contribution < 1.29 is 9.66 Å². The Hall–Kier alpha value is -1.43. The number of hydrogen-bond acceptors (Lipinski definition) is 4. The molecule has 0 atom stereocenters. The monoisotopic (exact) mass is 284 g/mol. The van der Waals surface area contributed by atoms with Gasteiger partial charge in [-0.1, -0.05) is 17.7 Å². The largest absolute Gasteiger partial charge is 0.380 e. The Morgan fingerprint density at radius 3 is 2.95 bits per heavy atom. The van der Waals surface area contributed by atoms with E-state index in [9.17, 15) is 10.1 Å². The van der Waals surface area contributed by atoms with Crippen LogP contribution in [0.4, 0.5) is 5.69 Å². The summed E-state index contributed by atoms with van der Waals surface area (Å²) in [5.41, 5.74) is 0.755. The van der Waals surface area contributed by atoms with Crippen molar-refractivity contribution in [3.63, 3.8) is 0 Å². The summed E-state index contributed by atoms with van der Waals surface area (Å²) < 4.78 is 5.33. The van der Waals surface area contributed by atoms with E-state index in [0.29, 0.717) is 36.9 Å². The zero-order chi connectivity index (χ0) is 14.1. The normalized spacial score (nSPS) is 10.4. The summed E-state index contributed by atoms with van der Waals surface area (Å²) in [6, 6.07) is 4.41. The van der Waals surface area contributed by atoms with E-state index in [0.717, 1.165) is 6.42 Å². The Morgan fingerprint density at radius 1 is 1.47 bits per heavy atom. The van der Waals surface area contributed by atoms with E-state index in [1.165, 1.54) is 18.2 Å². The van der Waals surface area contributed by atoms with E-state index in [2.05, 4.69) is 11.9 Å². The maximum absolute atomic E-state index is 10.7. The number of rotatable bonds is 9. The number of nitro groups is 1. The van der Waals surface area contributed by atoms with Crippen molar-refractivity contribution in [2.45, 2.75) is 13.0 Å². The van der Waals surface area contributed by atoms with Crippen molar-refractivity contribution in [1.29, 1.82) is 0 Å². The van der Waals surface area contributed by atoms with Crippen LogP contribution in [0.3, 0.4) is 0 Å². The summed E-state index contributed by atoms with van der Waals surface area (Å²) in [6.07, 6.45) is 2.63. The van der Waals surface area contributed by atoms with Crippen LogP contribution in [0.15, 0.2) is 30.9 Å². The second-order valence-corrected chi connectivity index (χ2v) is 4.31. The molecule has 0 aliphatic rings. The summed E-state index contributed by atoms with van der Waals surface area (Å²) in [7, 11) is 0. The van der Waals surface area contributed by atoms with E-state index in [1.54, 1.807) is 6.08 Å². The van der Waals surface area contributed by atoms with Crippen LogP contribution in [0.25, 0.3) is 0 Å². The standard InChI is InChI=1S/C13H17ClN2O3/c1-2-3-7-19-8-6-15-10-11-9-12(16(17)18)4-5-13(11)14/h2,4-5,9,15H,1,3,6-8,10H2. The van der Waals surface area contributed by atoms with Crippen LogP contribution in [-0.4, -0.2) is 24.7 Å². The minimum atomic E-state index is -0.432. The van der Waals surface area contributed by atoms with Gasteiger partial charge in [0.05, 0.1) is 18.1 Å². The van der Waals surface area contributed by atoms with Crippen molar-refractivity contribution >= 4 is 17.3 Å². The quantitative estimate of drug-likeness (QED) is 0.328. The average molecular weight is 285 g/mol. The summed E-state index contributed by atoms with van der Waals surface area (Å²) >= 11 is 5.98. The van der Waals surface area contributed by atoms with Crippen LogP contribution in [0.2, 0.25) is 5.02 Å². The Morgan fingerprint density at radius 2 is 2.26 bits per heavy atom. The lowest BCUT2D eigenvalue weighted by atomic mass is 10.2. The lowest BCUT2D eigenvalue weighted by molar-refractivity contribution is -0.384. The van der Waals surface area contributed by atoms with E-state index in [1.807, 2.05) is 0 Å². The zero-order valence-corrected chi connectivity index (χ0v) is 11.4. The van der Waals surface area contributed by atoms with Gasteiger partial charge >= 0.3 is 0 Å². The number of nitro benzene ring substituents is 1. The first-order chi connectivity index (χ1) is 9.15. The topological polar surface area (TPSA) is 64.4 Å². The number of nitrogens with zero attached hydrogens (tertiary/aromatic N) is 1. The van der Waals surface area contributed by atoms with Gasteiger partial charge in [0, 0.05) is 30.2 Å². The first kappa shape index (κ1) is 15.6. The third-order valence-corrected chi connectivity index (χ3v) is 2.81. The molecular formula is C13H17ClN2O3. The van der Waals surface area contributed by atoms with Gasteiger partial charge in [0.15, 0.2) is 0 Å². The van der Waals surface area contributed by atoms with E-state index < -0.39 is 4.92 Å². The lowest BCUT2D eigenvalue weighted by Gasteiger charge is -2.07. The van der Waals surface area contributed by atoms with Crippen LogP contribution >= 0.6 is 11.6 Å². The fourth-order valence-corrected chi connectivity index (χ4v) is 1.63. The Kier molecular flexibility index (Phi) is 7.10. The highest BCUT2D eigenvalue weighted by Gasteiger charge is 2.09. The molecule has 5 nitrogen and oxygen atoms in total. The van der Waals surface area contributed by atoms with Gasteiger partial charge in [-0.2, -0.15) is 0 Å². The Balaban J connectivity index is 2.34. The average Bonchev–Trinajstić information content (AvgIpc) is 2.39. The highest BCUT2D eigenvalue weighted by Crippen LogP contribution is 2.21. The first-order valence-corrected chi connectivity index (χ1v) is 6.35. The molecule has 19 heavy (non-hydrogen) atoms. The smallest absolute Gasteiger partial charge is 0.269 e. The Bertz CT molecular complexity index is 438. The summed E-state index contributed by atoms with van der Waals surface area (Å²) in [6.45, 7) is 5.98. The molecule has 0 aromatic heterocycles. The van der Waals surface area contributed by atoms with E-state index in [-0.39, 0.29) is 5.69 Å². The molecule has 0 saturated carbocycles. The number of ether oxygens (including phenoxy) is 1. The summed E-state index contributed by atoms with van der Waals surface area (Å²) in [5, 5.41) is 14.3. The van der Waals surface area contributed by atoms with Gasteiger partial charge in [-0.15, -0.1) is 6.58 Å². The minimum Gasteiger partial charge on any atom is -0.380 e. The number of non-ortho nitro benzene ring substituents is 1. The van der Waals surface area contributed by atoms with Crippen LogP contribution in [0, 0.1) is 10.1 Å². The van der Waals surface area contributed by atoms with Gasteiger partial charge in [-0.05, 0) is 18.1 Å². The molecule has 0 saturated heterocycles. The molecule has 1 aromatic rings.